The Morgan fingerprint density at radius 2 is 1.94 bits per heavy atom. The first-order valence-electron chi connectivity index (χ1n) is 4.75. The van der Waals surface area contributed by atoms with Crippen LogP contribution in [-0.2, 0) is 0 Å². The Kier molecular flexibility index (Phi) is 2.82. The van der Waals surface area contributed by atoms with Gasteiger partial charge in [-0.2, -0.15) is 0 Å². The largest absolute Gasteiger partial charge is 0.573 e. The van der Waals surface area contributed by atoms with Crippen LogP contribution >= 0.6 is 0 Å². The molecule has 0 spiro atoms. The summed E-state index contributed by atoms with van der Waals surface area (Å²) >= 11 is 0. The number of carboxylic acid groups (broad SMARTS) is 1. The lowest BCUT2D eigenvalue weighted by Crippen LogP contribution is -2.17. The second kappa shape index (κ2) is 4.17. The van der Waals surface area contributed by atoms with E-state index in [4.69, 9.17) is 5.11 Å². The van der Waals surface area contributed by atoms with E-state index in [0.29, 0.717) is 5.39 Å². The van der Waals surface area contributed by atoms with Crippen LogP contribution in [0.5, 0.6) is 5.75 Å². The highest BCUT2D eigenvalue weighted by Gasteiger charge is 2.32. The summed E-state index contributed by atoms with van der Waals surface area (Å²) in [6, 6.07) is 6.54. The van der Waals surface area contributed by atoms with Crippen molar-refractivity contribution in [3.05, 3.63) is 36.0 Å². The molecule has 18 heavy (non-hydrogen) atoms. The van der Waals surface area contributed by atoms with Gasteiger partial charge in [0.25, 0.3) is 0 Å². The zero-order chi connectivity index (χ0) is 13.3. The van der Waals surface area contributed by atoms with Crippen LogP contribution in [-0.4, -0.2) is 22.4 Å². The van der Waals surface area contributed by atoms with Crippen molar-refractivity contribution >= 4 is 16.9 Å². The summed E-state index contributed by atoms with van der Waals surface area (Å²) in [6.07, 6.45) is -4.85. The molecule has 1 N–H and O–H groups in total. The molecule has 4 nitrogen and oxygen atoms in total. The van der Waals surface area contributed by atoms with Crippen LogP contribution in [0.2, 0.25) is 0 Å². The zero-order valence-electron chi connectivity index (χ0n) is 8.73. The number of pyridine rings is 1. The van der Waals surface area contributed by atoms with Gasteiger partial charge >= 0.3 is 12.3 Å². The third kappa shape index (κ3) is 2.50. The molecular weight excluding hydrogens is 251 g/mol. The predicted octanol–water partition coefficient (Wildman–Crippen LogP) is 2.83. The average molecular weight is 257 g/mol. The minimum Gasteiger partial charge on any atom is -0.477 e. The highest BCUT2D eigenvalue weighted by Crippen LogP contribution is 2.29. The van der Waals surface area contributed by atoms with Gasteiger partial charge in [-0.3, -0.25) is 0 Å². The third-order valence-corrected chi connectivity index (χ3v) is 2.13. The fraction of sp³-hybridized carbons (Fsp3) is 0.0909. The first kappa shape index (κ1) is 12.2. The number of benzene rings is 1. The van der Waals surface area contributed by atoms with Crippen molar-refractivity contribution in [3.63, 3.8) is 0 Å². The van der Waals surface area contributed by atoms with E-state index in [1.165, 1.54) is 24.3 Å². The molecule has 0 saturated carbocycles. The van der Waals surface area contributed by atoms with Crippen LogP contribution in [0.15, 0.2) is 30.3 Å². The number of rotatable bonds is 2. The van der Waals surface area contributed by atoms with Crippen molar-refractivity contribution in [1.29, 1.82) is 0 Å². The summed E-state index contributed by atoms with van der Waals surface area (Å²) < 4.78 is 40.3. The molecule has 0 unspecified atom stereocenters. The Labute approximate surface area is 98.6 Å². The second-order valence-corrected chi connectivity index (χ2v) is 3.38. The van der Waals surface area contributed by atoms with Crippen molar-refractivity contribution in [2.45, 2.75) is 6.36 Å². The standard InChI is InChI=1S/C11H6F3NO3/c12-11(13,14)18-8-3-1-2-6-4-5-7(10(16)17)15-9(6)8/h1-5H,(H,16,17). The summed E-state index contributed by atoms with van der Waals surface area (Å²) in [5, 5.41) is 9.10. The van der Waals surface area contributed by atoms with Gasteiger partial charge < -0.3 is 9.84 Å². The summed E-state index contributed by atoms with van der Waals surface area (Å²) in [5.41, 5.74) is -0.490. The maximum Gasteiger partial charge on any atom is 0.573 e. The number of hydrogen-bond acceptors (Lipinski definition) is 3. The summed E-state index contributed by atoms with van der Waals surface area (Å²) in [6.45, 7) is 0. The Balaban J connectivity index is 2.59. The van der Waals surface area contributed by atoms with E-state index in [1.807, 2.05) is 0 Å². The Hall–Kier alpha value is -2.31. The highest BCUT2D eigenvalue weighted by molar-refractivity contribution is 5.91. The van der Waals surface area contributed by atoms with Crippen LogP contribution in [0.4, 0.5) is 13.2 Å². The van der Waals surface area contributed by atoms with E-state index >= 15 is 0 Å². The molecule has 0 amide bonds. The number of carboxylic acids is 1. The monoisotopic (exact) mass is 257 g/mol. The molecule has 1 heterocycles. The number of aromatic carboxylic acids is 1. The van der Waals surface area contributed by atoms with Crippen LogP contribution in [0, 0.1) is 0 Å². The normalized spacial score (nSPS) is 11.5. The maximum atomic E-state index is 12.2. The summed E-state index contributed by atoms with van der Waals surface area (Å²) in [7, 11) is 0. The highest BCUT2D eigenvalue weighted by atomic mass is 19.4. The minimum absolute atomic E-state index is 0.144. The lowest BCUT2D eigenvalue weighted by Gasteiger charge is -2.10. The molecule has 94 valence electrons. The molecule has 0 aliphatic carbocycles. The number of hydrogen-bond donors (Lipinski definition) is 1. The smallest absolute Gasteiger partial charge is 0.477 e. The van der Waals surface area contributed by atoms with Gasteiger partial charge in [0, 0.05) is 5.39 Å². The minimum atomic E-state index is -4.85. The van der Waals surface area contributed by atoms with E-state index in [9.17, 15) is 18.0 Å². The number of alkyl halides is 3. The lowest BCUT2D eigenvalue weighted by atomic mass is 10.2. The van der Waals surface area contributed by atoms with Crippen molar-refractivity contribution in [3.8, 4) is 5.75 Å². The molecule has 0 atom stereocenters. The van der Waals surface area contributed by atoms with E-state index in [1.54, 1.807) is 0 Å². The molecule has 2 aromatic rings. The van der Waals surface area contributed by atoms with Gasteiger partial charge in [-0.15, -0.1) is 13.2 Å². The molecule has 0 radical (unpaired) electrons. The zero-order valence-corrected chi connectivity index (χ0v) is 8.73. The van der Waals surface area contributed by atoms with E-state index in [0.717, 1.165) is 6.07 Å². The summed E-state index contributed by atoms with van der Waals surface area (Å²) in [5.74, 6) is -1.85. The Bertz CT molecular complexity index is 610. The Morgan fingerprint density at radius 3 is 2.56 bits per heavy atom. The number of aromatic nitrogens is 1. The van der Waals surface area contributed by atoms with E-state index < -0.39 is 18.1 Å². The van der Waals surface area contributed by atoms with Crippen molar-refractivity contribution in [2.75, 3.05) is 0 Å². The number of halogens is 3. The molecule has 2 rings (SSSR count). The third-order valence-electron chi connectivity index (χ3n) is 2.13. The van der Waals surface area contributed by atoms with Crippen molar-refractivity contribution < 1.29 is 27.8 Å². The molecule has 1 aromatic heterocycles. The maximum absolute atomic E-state index is 12.2. The first-order valence-corrected chi connectivity index (χ1v) is 4.75. The van der Waals surface area contributed by atoms with Crippen LogP contribution < -0.4 is 4.74 Å². The van der Waals surface area contributed by atoms with Gasteiger partial charge in [0.1, 0.15) is 11.2 Å². The SMILES string of the molecule is O=C(O)c1ccc2cccc(OC(F)(F)F)c2n1. The summed E-state index contributed by atoms with van der Waals surface area (Å²) in [4.78, 5) is 14.3. The molecule has 7 heteroatoms. The fourth-order valence-electron chi connectivity index (χ4n) is 1.45. The number of carbonyl (C=O) groups is 1. The number of nitrogens with zero attached hydrogens (tertiary/aromatic N) is 1. The molecule has 0 fully saturated rings. The molecule has 1 aromatic carbocycles. The van der Waals surface area contributed by atoms with E-state index in [2.05, 4.69) is 9.72 Å². The molecule has 0 saturated heterocycles. The molecule has 0 aliphatic rings. The van der Waals surface area contributed by atoms with Crippen molar-refractivity contribution in [2.24, 2.45) is 0 Å². The van der Waals surface area contributed by atoms with Gasteiger partial charge in [0.2, 0.25) is 0 Å². The van der Waals surface area contributed by atoms with Gasteiger partial charge in [-0.25, -0.2) is 9.78 Å². The molecular formula is C11H6F3NO3. The Morgan fingerprint density at radius 1 is 1.22 bits per heavy atom. The first-order chi connectivity index (χ1) is 8.37. The number of ether oxygens (including phenoxy) is 1. The van der Waals surface area contributed by atoms with Gasteiger partial charge in [-0.05, 0) is 12.1 Å². The number of fused-ring (bicyclic) bond motifs is 1. The van der Waals surface area contributed by atoms with E-state index in [-0.39, 0.29) is 11.2 Å². The number of para-hydroxylation sites is 1. The van der Waals surface area contributed by atoms with Gasteiger partial charge in [0.05, 0.1) is 0 Å². The van der Waals surface area contributed by atoms with Crippen LogP contribution in [0.3, 0.4) is 0 Å². The second-order valence-electron chi connectivity index (χ2n) is 3.38. The van der Waals surface area contributed by atoms with Crippen LogP contribution in [0.25, 0.3) is 10.9 Å². The topological polar surface area (TPSA) is 59.4 Å². The van der Waals surface area contributed by atoms with Crippen LogP contribution in [0.1, 0.15) is 10.5 Å². The predicted molar refractivity (Wildman–Crippen MR) is 55.4 cm³/mol. The molecule has 0 aliphatic heterocycles. The van der Waals surface area contributed by atoms with Crippen molar-refractivity contribution in [1.82, 2.24) is 4.98 Å². The fourth-order valence-corrected chi connectivity index (χ4v) is 1.45. The quantitative estimate of drug-likeness (QED) is 0.898. The van der Waals surface area contributed by atoms with Gasteiger partial charge in [0.15, 0.2) is 5.75 Å². The average Bonchev–Trinajstić information content (AvgIpc) is 2.26. The molecule has 0 bridgehead atoms. The lowest BCUT2D eigenvalue weighted by molar-refractivity contribution is -0.274. The van der Waals surface area contributed by atoms with Gasteiger partial charge in [-0.1, -0.05) is 18.2 Å².